The largest absolute Gasteiger partial charge is 0.478 e. The normalized spacial score (nSPS) is 10.2. The van der Waals surface area contributed by atoms with Gasteiger partial charge in [0.25, 0.3) is 0 Å². The summed E-state index contributed by atoms with van der Waals surface area (Å²) in [6.45, 7) is 0. The molecule has 1 N–H and O–H groups in total. The highest BCUT2D eigenvalue weighted by molar-refractivity contribution is 7.71. The van der Waals surface area contributed by atoms with Crippen LogP contribution in [0.5, 0.6) is 0 Å². The summed E-state index contributed by atoms with van der Waals surface area (Å²) in [7, 11) is -2.50. The summed E-state index contributed by atoms with van der Waals surface area (Å²) < 4.78 is 20.7. The Kier molecular flexibility index (Phi) is 3.02. The molecule has 1 aromatic carbocycles. The SMILES string of the molecule is O=C(O)c1cccc(C[SH](=O)=O)c1. The average molecular weight is 200 g/mol. The Hall–Kier alpha value is -1.36. The van der Waals surface area contributed by atoms with Crippen LogP contribution in [-0.4, -0.2) is 19.5 Å². The van der Waals surface area contributed by atoms with Gasteiger partial charge in [0.15, 0.2) is 0 Å². The zero-order chi connectivity index (χ0) is 9.84. The van der Waals surface area contributed by atoms with Gasteiger partial charge in [-0.05, 0) is 17.7 Å². The third kappa shape index (κ3) is 2.87. The number of aromatic carboxylic acids is 1. The van der Waals surface area contributed by atoms with Crippen LogP contribution < -0.4 is 0 Å². The zero-order valence-corrected chi connectivity index (χ0v) is 7.53. The van der Waals surface area contributed by atoms with Crippen molar-refractivity contribution < 1.29 is 18.3 Å². The smallest absolute Gasteiger partial charge is 0.335 e. The molecule has 0 heterocycles. The Morgan fingerprint density at radius 1 is 1.38 bits per heavy atom. The van der Waals surface area contributed by atoms with E-state index in [1.165, 1.54) is 18.2 Å². The van der Waals surface area contributed by atoms with Crippen LogP contribution in [0.2, 0.25) is 0 Å². The van der Waals surface area contributed by atoms with E-state index in [1.807, 2.05) is 0 Å². The molecule has 0 aliphatic heterocycles. The van der Waals surface area contributed by atoms with Gasteiger partial charge in [-0.25, -0.2) is 13.2 Å². The zero-order valence-electron chi connectivity index (χ0n) is 6.64. The number of carboxylic acids is 1. The Labute approximate surface area is 76.8 Å². The van der Waals surface area contributed by atoms with E-state index in [0.29, 0.717) is 5.56 Å². The molecule has 0 aliphatic carbocycles. The van der Waals surface area contributed by atoms with E-state index >= 15 is 0 Å². The lowest BCUT2D eigenvalue weighted by Crippen LogP contribution is -1.97. The summed E-state index contributed by atoms with van der Waals surface area (Å²) in [6, 6.07) is 5.88. The fourth-order valence-corrected chi connectivity index (χ4v) is 1.45. The van der Waals surface area contributed by atoms with Crippen molar-refractivity contribution in [1.29, 1.82) is 0 Å². The minimum absolute atomic E-state index is 0.106. The second-order valence-corrected chi connectivity index (χ2v) is 3.48. The molecule has 0 radical (unpaired) electrons. The highest BCUT2D eigenvalue weighted by Crippen LogP contribution is 2.05. The Balaban J connectivity index is 2.98. The number of carbonyl (C=O) groups is 1. The van der Waals surface area contributed by atoms with Crippen molar-refractivity contribution in [2.45, 2.75) is 5.75 Å². The van der Waals surface area contributed by atoms with Crippen molar-refractivity contribution in [1.82, 2.24) is 0 Å². The predicted molar refractivity (Wildman–Crippen MR) is 47.4 cm³/mol. The van der Waals surface area contributed by atoms with Crippen LogP contribution in [0.3, 0.4) is 0 Å². The lowest BCUT2D eigenvalue weighted by atomic mass is 10.1. The van der Waals surface area contributed by atoms with Crippen LogP contribution in [-0.2, 0) is 16.5 Å². The van der Waals surface area contributed by atoms with Gasteiger partial charge in [-0.15, -0.1) is 0 Å². The molecule has 0 unspecified atom stereocenters. The molecule has 13 heavy (non-hydrogen) atoms. The first-order valence-electron chi connectivity index (χ1n) is 3.53. The van der Waals surface area contributed by atoms with Gasteiger partial charge in [0.2, 0.25) is 0 Å². The van der Waals surface area contributed by atoms with Crippen molar-refractivity contribution in [2.75, 3.05) is 0 Å². The van der Waals surface area contributed by atoms with Crippen molar-refractivity contribution >= 4 is 16.7 Å². The molecule has 0 atom stereocenters. The molecule has 5 heteroatoms. The molecule has 0 spiro atoms. The van der Waals surface area contributed by atoms with Gasteiger partial charge in [-0.3, -0.25) is 0 Å². The Morgan fingerprint density at radius 3 is 2.62 bits per heavy atom. The number of hydrogen-bond acceptors (Lipinski definition) is 3. The molecule has 0 saturated heterocycles. The van der Waals surface area contributed by atoms with E-state index in [9.17, 15) is 13.2 Å². The molecule has 0 fully saturated rings. The maximum atomic E-state index is 10.5. The molecule has 1 rings (SSSR count). The molecule has 0 saturated carbocycles. The molecule has 70 valence electrons. The molecular weight excluding hydrogens is 192 g/mol. The quantitative estimate of drug-likeness (QED) is 0.697. The van der Waals surface area contributed by atoms with Crippen LogP contribution >= 0.6 is 0 Å². The van der Waals surface area contributed by atoms with E-state index in [0.717, 1.165) is 0 Å². The van der Waals surface area contributed by atoms with Crippen LogP contribution in [0.25, 0.3) is 0 Å². The van der Waals surface area contributed by atoms with Gasteiger partial charge in [0, 0.05) is 0 Å². The predicted octanol–water partition coefficient (Wildman–Crippen LogP) is 0.496. The second kappa shape index (κ2) is 4.04. The van der Waals surface area contributed by atoms with Crippen molar-refractivity contribution in [3.8, 4) is 0 Å². The third-order valence-electron chi connectivity index (χ3n) is 1.49. The topological polar surface area (TPSA) is 71.4 Å². The minimum Gasteiger partial charge on any atom is -0.478 e. The molecule has 0 aromatic heterocycles. The number of thiol groups is 1. The highest BCUT2D eigenvalue weighted by atomic mass is 32.2. The monoisotopic (exact) mass is 200 g/mol. The molecule has 1 aromatic rings. The van der Waals surface area contributed by atoms with Crippen LogP contribution in [0, 0.1) is 0 Å². The summed E-state index contributed by atoms with van der Waals surface area (Å²) in [5, 5.41) is 8.59. The minimum atomic E-state index is -2.50. The first-order chi connectivity index (χ1) is 6.09. The summed E-state index contributed by atoms with van der Waals surface area (Å²) in [4.78, 5) is 10.5. The molecule has 4 nitrogen and oxygen atoms in total. The third-order valence-corrected chi connectivity index (χ3v) is 2.11. The summed E-state index contributed by atoms with van der Waals surface area (Å²) >= 11 is 0. The van der Waals surface area contributed by atoms with Crippen molar-refractivity contribution in [2.24, 2.45) is 0 Å². The number of rotatable bonds is 3. The van der Waals surface area contributed by atoms with Gasteiger partial charge < -0.3 is 5.11 Å². The fraction of sp³-hybridized carbons (Fsp3) is 0.125. The van der Waals surface area contributed by atoms with E-state index in [4.69, 9.17) is 5.11 Å². The lowest BCUT2D eigenvalue weighted by molar-refractivity contribution is 0.0696. The first-order valence-corrected chi connectivity index (χ1v) is 4.90. The van der Waals surface area contributed by atoms with E-state index in [1.54, 1.807) is 6.07 Å². The van der Waals surface area contributed by atoms with Gasteiger partial charge in [-0.2, -0.15) is 0 Å². The van der Waals surface area contributed by atoms with Gasteiger partial charge in [0.05, 0.1) is 11.3 Å². The maximum absolute atomic E-state index is 10.5. The standard InChI is InChI=1S/C8H8O4S/c9-8(10)7-3-1-2-6(4-7)5-13(11)12/h1-4,13H,5H2,(H,9,10). The lowest BCUT2D eigenvalue weighted by Gasteiger charge is -1.96. The molecular formula is C8H8O4S. The molecule has 0 aliphatic rings. The number of hydrogen-bond donors (Lipinski definition) is 2. The number of carboxylic acid groups (broad SMARTS) is 1. The average Bonchev–Trinajstić information content (AvgIpc) is 2.03. The van der Waals surface area contributed by atoms with Crippen molar-refractivity contribution in [3.05, 3.63) is 35.4 Å². The first kappa shape index (κ1) is 9.73. The van der Waals surface area contributed by atoms with Crippen LogP contribution in [0.1, 0.15) is 15.9 Å². The van der Waals surface area contributed by atoms with E-state index in [-0.39, 0.29) is 11.3 Å². The van der Waals surface area contributed by atoms with Gasteiger partial charge in [0.1, 0.15) is 10.7 Å². The number of benzene rings is 1. The summed E-state index contributed by atoms with van der Waals surface area (Å²) in [5.41, 5.74) is 0.602. The van der Waals surface area contributed by atoms with Gasteiger partial charge in [-0.1, -0.05) is 12.1 Å². The van der Waals surface area contributed by atoms with Crippen LogP contribution in [0.15, 0.2) is 24.3 Å². The summed E-state index contributed by atoms with van der Waals surface area (Å²) in [5.74, 6) is -1.17. The Bertz CT molecular complexity index is 387. The van der Waals surface area contributed by atoms with Crippen LogP contribution in [0.4, 0.5) is 0 Å². The highest BCUT2D eigenvalue weighted by Gasteiger charge is 2.02. The molecule has 0 bridgehead atoms. The Morgan fingerprint density at radius 2 is 2.08 bits per heavy atom. The van der Waals surface area contributed by atoms with E-state index < -0.39 is 16.7 Å². The van der Waals surface area contributed by atoms with E-state index in [2.05, 4.69) is 0 Å². The maximum Gasteiger partial charge on any atom is 0.335 e. The van der Waals surface area contributed by atoms with Gasteiger partial charge >= 0.3 is 5.97 Å². The second-order valence-electron chi connectivity index (χ2n) is 2.50. The van der Waals surface area contributed by atoms with Crippen molar-refractivity contribution in [3.63, 3.8) is 0 Å². The summed E-state index contributed by atoms with van der Waals surface area (Å²) in [6.07, 6.45) is 0. The fourth-order valence-electron chi connectivity index (χ4n) is 0.952. The molecule has 0 amide bonds.